The van der Waals surface area contributed by atoms with Gasteiger partial charge in [-0.05, 0) is 25.5 Å². The Morgan fingerprint density at radius 3 is 2.48 bits per heavy atom. The molecule has 148 valence electrons. The molecule has 0 bridgehead atoms. The topological polar surface area (TPSA) is 125 Å². The van der Waals surface area contributed by atoms with Crippen molar-refractivity contribution < 1.29 is 23.8 Å². The summed E-state index contributed by atoms with van der Waals surface area (Å²) < 4.78 is 10.2. The largest absolute Gasteiger partial charge is 0.441 e. The van der Waals surface area contributed by atoms with Crippen LogP contribution in [0.25, 0.3) is 0 Å². The molecule has 9 heteroatoms. The molecular weight excluding hydrogens is 378 g/mol. The number of hydrogen-bond acceptors (Lipinski definition) is 7. The molecule has 1 heterocycles. The van der Waals surface area contributed by atoms with Crippen molar-refractivity contribution in [2.45, 2.75) is 20.0 Å². The molecule has 1 aromatic heterocycles. The van der Waals surface area contributed by atoms with Gasteiger partial charge in [-0.25, -0.2) is 4.79 Å². The van der Waals surface area contributed by atoms with Gasteiger partial charge in [-0.2, -0.15) is 0 Å². The summed E-state index contributed by atoms with van der Waals surface area (Å²) >= 11 is 0. The van der Waals surface area contributed by atoms with E-state index in [0.717, 1.165) is 0 Å². The maximum Gasteiger partial charge on any atom is 0.378 e. The fourth-order valence-corrected chi connectivity index (χ4v) is 2.62. The maximum absolute atomic E-state index is 12.9. The smallest absolute Gasteiger partial charge is 0.378 e. The van der Waals surface area contributed by atoms with Gasteiger partial charge < -0.3 is 14.6 Å². The molecule has 1 amide bonds. The number of ether oxygens (including phenoxy) is 1. The molecule has 3 aromatic rings. The third-order valence-electron chi connectivity index (χ3n) is 4.00. The highest BCUT2D eigenvalue weighted by Crippen LogP contribution is 2.28. The molecule has 1 atom stereocenters. The zero-order chi connectivity index (χ0) is 21.0. The maximum atomic E-state index is 12.9. The molecule has 3 rings (SSSR count). The SMILES string of the molecule is Cc1ccc(NC(=O)C(OC(=O)c2cc(C)no2)c2ccccc2)c([N+](=O)[O-])c1. The van der Waals surface area contributed by atoms with Gasteiger partial charge in [0.1, 0.15) is 5.69 Å². The average molecular weight is 395 g/mol. The fourth-order valence-electron chi connectivity index (χ4n) is 2.62. The number of carbonyl (C=O) groups is 2. The monoisotopic (exact) mass is 395 g/mol. The molecular formula is C20H17N3O6. The predicted molar refractivity (Wildman–Crippen MR) is 102 cm³/mol. The Labute approximate surface area is 165 Å². The molecule has 0 aliphatic heterocycles. The number of aromatic nitrogens is 1. The summed E-state index contributed by atoms with van der Waals surface area (Å²) in [5, 5.41) is 17.4. The van der Waals surface area contributed by atoms with E-state index in [1.165, 1.54) is 18.2 Å². The second-order valence-corrected chi connectivity index (χ2v) is 6.30. The third kappa shape index (κ3) is 4.64. The van der Waals surface area contributed by atoms with E-state index >= 15 is 0 Å². The number of benzene rings is 2. The van der Waals surface area contributed by atoms with Crippen LogP contribution in [0.3, 0.4) is 0 Å². The summed E-state index contributed by atoms with van der Waals surface area (Å²) in [5.74, 6) is -1.78. The van der Waals surface area contributed by atoms with Gasteiger partial charge in [0.05, 0.1) is 10.6 Å². The van der Waals surface area contributed by atoms with E-state index in [2.05, 4.69) is 10.5 Å². The van der Waals surface area contributed by atoms with Crippen molar-refractivity contribution in [1.29, 1.82) is 0 Å². The molecule has 0 saturated heterocycles. The zero-order valence-electron chi connectivity index (χ0n) is 15.6. The summed E-state index contributed by atoms with van der Waals surface area (Å²) in [4.78, 5) is 36.0. The van der Waals surface area contributed by atoms with Gasteiger partial charge >= 0.3 is 5.97 Å². The van der Waals surface area contributed by atoms with Crippen molar-refractivity contribution in [2.75, 3.05) is 5.32 Å². The molecule has 0 fully saturated rings. The van der Waals surface area contributed by atoms with Crippen molar-refractivity contribution in [3.63, 3.8) is 0 Å². The lowest BCUT2D eigenvalue weighted by atomic mass is 10.1. The number of aryl methyl sites for hydroxylation is 2. The normalized spacial score (nSPS) is 11.5. The minimum Gasteiger partial charge on any atom is -0.441 e. The predicted octanol–water partition coefficient (Wildman–Crippen LogP) is 3.74. The van der Waals surface area contributed by atoms with Crippen LogP contribution in [0.4, 0.5) is 11.4 Å². The first-order valence-corrected chi connectivity index (χ1v) is 8.60. The van der Waals surface area contributed by atoms with Gasteiger partial charge in [0.25, 0.3) is 11.6 Å². The van der Waals surface area contributed by atoms with Crippen LogP contribution in [0.2, 0.25) is 0 Å². The fraction of sp³-hybridized carbons (Fsp3) is 0.150. The van der Waals surface area contributed by atoms with Crippen LogP contribution < -0.4 is 5.32 Å². The number of nitro groups is 1. The number of hydrogen-bond donors (Lipinski definition) is 1. The van der Waals surface area contributed by atoms with Gasteiger partial charge in [-0.1, -0.05) is 41.6 Å². The quantitative estimate of drug-likeness (QED) is 0.383. The van der Waals surface area contributed by atoms with E-state index in [4.69, 9.17) is 9.26 Å². The Hall–Kier alpha value is -4.01. The molecule has 0 spiro atoms. The summed E-state index contributed by atoms with van der Waals surface area (Å²) in [5.41, 5.74) is 1.28. The number of carbonyl (C=O) groups excluding carboxylic acids is 2. The van der Waals surface area contributed by atoms with E-state index in [9.17, 15) is 19.7 Å². The van der Waals surface area contributed by atoms with Crippen LogP contribution in [-0.4, -0.2) is 22.0 Å². The average Bonchev–Trinajstić information content (AvgIpc) is 3.14. The number of esters is 1. The highest BCUT2D eigenvalue weighted by atomic mass is 16.6. The van der Waals surface area contributed by atoms with Crippen molar-refractivity contribution in [1.82, 2.24) is 5.16 Å². The molecule has 1 unspecified atom stereocenters. The summed E-state index contributed by atoms with van der Waals surface area (Å²) in [6.07, 6.45) is -1.35. The number of rotatable bonds is 6. The summed E-state index contributed by atoms with van der Waals surface area (Å²) in [6.45, 7) is 3.34. The van der Waals surface area contributed by atoms with Crippen LogP contribution in [0.1, 0.15) is 33.5 Å². The van der Waals surface area contributed by atoms with E-state index in [1.54, 1.807) is 50.2 Å². The molecule has 29 heavy (non-hydrogen) atoms. The number of nitrogens with one attached hydrogen (secondary N) is 1. The number of anilines is 1. The lowest BCUT2D eigenvalue weighted by molar-refractivity contribution is -0.384. The first-order valence-electron chi connectivity index (χ1n) is 8.60. The van der Waals surface area contributed by atoms with Gasteiger partial charge in [0, 0.05) is 17.7 Å². The first kappa shape index (κ1) is 19.7. The lowest BCUT2D eigenvalue weighted by Gasteiger charge is -2.17. The molecule has 0 aliphatic carbocycles. The third-order valence-corrected chi connectivity index (χ3v) is 4.00. The number of amides is 1. The van der Waals surface area contributed by atoms with Crippen molar-refractivity contribution in [3.05, 3.63) is 87.3 Å². The second-order valence-electron chi connectivity index (χ2n) is 6.30. The van der Waals surface area contributed by atoms with Crippen molar-refractivity contribution >= 4 is 23.3 Å². The van der Waals surface area contributed by atoms with Gasteiger partial charge in [-0.15, -0.1) is 0 Å². The Morgan fingerprint density at radius 1 is 1.14 bits per heavy atom. The van der Waals surface area contributed by atoms with E-state index in [0.29, 0.717) is 16.8 Å². The number of nitro benzene ring substituents is 1. The van der Waals surface area contributed by atoms with Gasteiger partial charge in [-0.3, -0.25) is 14.9 Å². The second kappa shape index (κ2) is 8.34. The first-order chi connectivity index (χ1) is 13.8. The minimum absolute atomic E-state index is 0.00177. The van der Waals surface area contributed by atoms with Crippen LogP contribution in [0, 0.1) is 24.0 Å². The van der Waals surface area contributed by atoms with E-state index in [-0.39, 0.29) is 17.1 Å². The van der Waals surface area contributed by atoms with E-state index in [1.807, 2.05) is 0 Å². The lowest BCUT2D eigenvalue weighted by Crippen LogP contribution is -2.26. The Bertz CT molecular complexity index is 1060. The minimum atomic E-state index is -1.35. The van der Waals surface area contributed by atoms with Crippen molar-refractivity contribution in [2.24, 2.45) is 0 Å². The van der Waals surface area contributed by atoms with Gasteiger partial charge in [0.2, 0.25) is 11.9 Å². The van der Waals surface area contributed by atoms with Crippen LogP contribution in [0.15, 0.2) is 59.1 Å². The summed E-state index contributed by atoms with van der Waals surface area (Å²) in [6, 6.07) is 14.1. The molecule has 9 nitrogen and oxygen atoms in total. The summed E-state index contributed by atoms with van der Waals surface area (Å²) in [7, 11) is 0. The molecule has 0 aliphatic rings. The standard InChI is InChI=1S/C20H17N3O6/c1-12-8-9-15(16(10-12)23(26)27)21-19(24)18(14-6-4-3-5-7-14)28-20(25)17-11-13(2)22-29-17/h3-11,18H,1-2H3,(H,21,24). The Kier molecular flexibility index (Phi) is 5.68. The van der Waals surface area contributed by atoms with Crippen LogP contribution in [-0.2, 0) is 9.53 Å². The Morgan fingerprint density at radius 2 is 1.86 bits per heavy atom. The van der Waals surface area contributed by atoms with Gasteiger partial charge in [0.15, 0.2) is 0 Å². The molecule has 0 saturated carbocycles. The number of nitrogens with zero attached hydrogens (tertiary/aromatic N) is 2. The highest BCUT2D eigenvalue weighted by Gasteiger charge is 2.29. The molecule has 2 aromatic carbocycles. The molecule has 1 N–H and O–H groups in total. The van der Waals surface area contributed by atoms with Crippen molar-refractivity contribution in [3.8, 4) is 0 Å². The molecule has 0 radical (unpaired) electrons. The Balaban J connectivity index is 1.89. The zero-order valence-corrected chi connectivity index (χ0v) is 15.6. The van der Waals surface area contributed by atoms with E-state index < -0.39 is 22.9 Å². The van der Waals surface area contributed by atoms with Crippen LogP contribution in [0.5, 0.6) is 0 Å². The highest BCUT2D eigenvalue weighted by molar-refractivity contribution is 5.99. The van der Waals surface area contributed by atoms with Crippen LogP contribution >= 0.6 is 0 Å².